The van der Waals surface area contributed by atoms with Crippen LogP contribution in [0.2, 0.25) is 0 Å². The molecule has 2 aromatic heterocycles. The second-order valence-electron chi connectivity index (χ2n) is 7.02. The summed E-state index contributed by atoms with van der Waals surface area (Å²) in [5.74, 6) is 6.89. The fraction of sp³-hybridized carbons (Fsp3) is 0.286. The van der Waals surface area contributed by atoms with E-state index in [0.29, 0.717) is 19.0 Å². The molecule has 0 spiro atoms. The lowest BCUT2D eigenvalue weighted by Crippen LogP contribution is -2.36. The number of anilines is 1. The molecule has 1 fully saturated rings. The molecule has 1 saturated heterocycles. The standard InChI is InChI=1S/C21H24N6O2/c1-13(2)20(14(3)29-22)15-4-5-17-16(10-15)21(26-25-17)18-11-19(24-12-23-18)27-6-8-28-9-7-27/h4-5,10-12H,1,6-9,22H2,2-3H3,(H,25,26)/b20-14+. The van der Waals surface area contributed by atoms with Gasteiger partial charge in [0, 0.05) is 30.1 Å². The highest BCUT2D eigenvalue weighted by Crippen LogP contribution is 2.32. The summed E-state index contributed by atoms with van der Waals surface area (Å²) in [6.45, 7) is 10.8. The molecular formula is C21H24N6O2. The molecule has 150 valence electrons. The third-order valence-corrected chi connectivity index (χ3v) is 5.04. The van der Waals surface area contributed by atoms with Crippen LogP contribution in [0.3, 0.4) is 0 Å². The summed E-state index contributed by atoms with van der Waals surface area (Å²) in [6.07, 6.45) is 1.58. The van der Waals surface area contributed by atoms with Gasteiger partial charge >= 0.3 is 0 Å². The second kappa shape index (κ2) is 8.02. The number of aromatic amines is 1. The summed E-state index contributed by atoms with van der Waals surface area (Å²) in [6, 6.07) is 8.00. The van der Waals surface area contributed by atoms with Crippen LogP contribution in [0.4, 0.5) is 5.82 Å². The Kier molecular flexibility index (Phi) is 5.28. The van der Waals surface area contributed by atoms with E-state index >= 15 is 0 Å². The molecule has 3 N–H and O–H groups in total. The van der Waals surface area contributed by atoms with Gasteiger partial charge in [-0.2, -0.15) is 11.0 Å². The van der Waals surface area contributed by atoms with Crippen molar-refractivity contribution in [3.8, 4) is 11.4 Å². The van der Waals surface area contributed by atoms with Crippen LogP contribution in [0.25, 0.3) is 27.9 Å². The smallest absolute Gasteiger partial charge is 0.132 e. The summed E-state index contributed by atoms with van der Waals surface area (Å²) >= 11 is 0. The van der Waals surface area contributed by atoms with Crippen LogP contribution in [-0.4, -0.2) is 46.5 Å². The first kappa shape index (κ1) is 19.1. The largest absolute Gasteiger partial charge is 0.416 e. The van der Waals surface area contributed by atoms with E-state index in [1.165, 1.54) is 0 Å². The molecule has 4 rings (SSSR count). The van der Waals surface area contributed by atoms with Crippen molar-refractivity contribution in [3.63, 3.8) is 0 Å². The summed E-state index contributed by atoms with van der Waals surface area (Å²) in [5.41, 5.74) is 5.15. The lowest BCUT2D eigenvalue weighted by atomic mass is 9.97. The molecular weight excluding hydrogens is 368 g/mol. The summed E-state index contributed by atoms with van der Waals surface area (Å²) in [7, 11) is 0. The van der Waals surface area contributed by atoms with E-state index in [9.17, 15) is 0 Å². The number of aromatic nitrogens is 4. The molecule has 8 nitrogen and oxygen atoms in total. The zero-order chi connectivity index (χ0) is 20.4. The van der Waals surface area contributed by atoms with E-state index in [2.05, 4.69) is 37.7 Å². The van der Waals surface area contributed by atoms with E-state index in [0.717, 1.165) is 57.9 Å². The molecule has 0 bridgehead atoms. The molecule has 0 saturated carbocycles. The minimum atomic E-state index is 0.610. The summed E-state index contributed by atoms with van der Waals surface area (Å²) < 4.78 is 5.43. The number of nitrogens with two attached hydrogens (primary N) is 1. The van der Waals surface area contributed by atoms with Gasteiger partial charge in [-0.15, -0.1) is 0 Å². The molecule has 0 amide bonds. The number of allylic oxidation sites excluding steroid dienone is 3. The van der Waals surface area contributed by atoms with E-state index in [1.54, 1.807) is 6.33 Å². The third-order valence-electron chi connectivity index (χ3n) is 5.04. The Morgan fingerprint density at radius 2 is 2.00 bits per heavy atom. The van der Waals surface area contributed by atoms with Crippen molar-refractivity contribution < 1.29 is 9.57 Å². The molecule has 0 radical (unpaired) electrons. The summed E-state index contributed by atoms with van der Waals surface area (Å²) in [5, 5.41) is 8.55. The Morgan fingerprint density at radius 1 is 1.21 bits per heavy atom. The Hall–Kier alpha value is -3.23. The maximum atomic E-state index is 5.43. The number of hydrogen-bond donors (Lipinski definition) is 2. The highest BCUT2D eigenvalue weighted by Gasteiger charge is 2.17. The van der Waals surface area contributed by atoms with Crippen molar-refractivity contribution in [2.24, 2.45) is 5.90 Å². The quantitative estimate of drug-likeness (QED) is 0.391. The van der Waals surface area contributed by atoms with Crippen LogP contribution >= 0.6 is 0 Å². The number of rotatable bonds is 5. The monoisotopic (exact) mass is 392 g/mol. The van der Waals surface area contributed by atoms with Gasteiger partial charge in [-0.25, -0.2) is 9.97 Å². The average molecular weight is 392 g/mol. The molecule has 3 aromatic rings. The van der Waals surface area contributed by atoms with Gasteiger partial charge in [-0.3, -0.25) is 5.10 Å². The van der Waals surface area contributed by atoms with Crippen LogP contribution < -0.4 is 10.8 Å². The first-order valence-electron chi connectivity index (χ1n) is 9.45. The van der Waals surface area contributed by atoms with Crippen LogP contribution in [0.5, 0.6) is 0 Å². The van der Waals surface area contributed by atoms with Gasteiger partial charge in [0.25, 0.3) is 0 Å². The van der Waals surface area contributed by atoms with Gasteiger partial charge in [0.15, 0.2) is 0 Å². The SMILES string of the molecule is C=C(C)/C(=C(/C)ON)c1ccc2[nH]nc(-c3cc(N4CCOCC4)ncn3)c2c1. The first-order chi connectivity index (χ1) is 14.1. The number of H-pyrrole nitrogens is 1. The Balaban J connectivity index is 1.78. The minimum absolute atomic E-state index is 0.610. The Morgan fingerprint density at radius 3 is 2.72 bits per heavy atom. The lowest BCUT2D eigenvalue weighted by molar-refractivity contribution is 0.122. The minimum Gasteiger partial charge on any atom is -0.416 e. The molecule has 0 atom stereocenters. The molecule has 0 unspecified atom stereocenters. The number of hydrogen-bond acceptors (Lipinski definition) is 7. The van der Waals surface area contributed by atoms with Crippen LogP contribution in [-0.2, 0) is 9.57 Å². The predicted octanol–water partition coefficient (Wildman–Crippen LogP) is 3.05. The van der Waals surface area contributed by atoms with Crippen LogP contribution in [0.1, 0.15) is 19.4 Å². The fourth-order valence-electron chi connectivity index (χ4n) is 3.62. The van der Waals surface area contributed by atoms with E-state index < -0.39 is 0 Å². The van der Waals surface area contributed by atoms with Crippen LogP contribution in [0.15, 0.2) is 48.5 Å². The molecule has 29 heavy (non-hydrogen) atoms. The summed E-state index contributed by atoms with van der Waals surface area (Å²) in [4.78, 5) is 16.1. The fourth-order valence-corrected chi connectivity index (χ4v) is 3.62. The number of ether oxygens (including phenoxy) is 1. The maximum absolute atomic E-state index is 5.43. The van der Waals surface area contributed by atoms with Gasteiger partial charge in [-0.05, 0) is 37.1 Å². The number of morpholine rings is 1. The van der Waals surface area contributed by atoms with Gasteiger partial charge < -0.3 is 14.5 Å². The number of benzene rings is 1. The normalized spacial score (nSPS) is 15.3. The van der Waals surface area contributed by atoms with Gasteiger partial charge in [0.1, 0.15) is 23.6 Å². The van der Waals surface area contributed by atoms with Crippen LogP contribution in [0, 0.1) is 0 Å². The zero-order valence-electron chi connectivity index (χ0n) is 16.6. The molecule has 1 aliphatic rings. The molecule has 8 heteroatoms. The van der Waals surface area contributed by atoms with Crippen molar-refractivity contribution >= 4 is 22.3 Å². The van der Waals surface area contributed by atoms with E-state index in [-0.39, 0.29) is 0 Å². The predicted molar refractivity (Wildman–Crippen MR) is 113 cm³/mol. The number of fused-ring (bicyclic) bond motifs is 1. The lowest BCUT2D eigenvalue weighted by Gasteiger charge is -2.27. The first-order valence-corrected chi connectivity index (χ1v) is 9.45. The zero-order valence-corrected chi connectivity index (χ0v) is 16.6. The van der Waals surface area contributed by atoms with Crippen molar-refractivity contribution in [3.05, 3.63) is 54.1 Å². The molecule has 0 aliphatic carbocycles. The van der Waals surface area contributed by atoms with Gasteiger partial charge in [0.05, 0.1) is 24.4 Å². The van der Waals surface area contributed by atoms with Crippen molar-refractivity contribution in [1.82, 2.24) is 20.2 Å². The number of nitrogens with zero attached hydrogens (tertiary/aromatic N) is 4. The number of nitrogens with one attached hydrogen (secondary N) is 1. The molecule has 1 aliphatic heterocycles. The molecule has 3 heterocycles. The van der Waals surface area contributed by atoms with Crippen molar-refractivity contribution in [1.29, 1.82) is 0 Å². The van der Waals surface area contributed by atoms with Gasteiger partial charge in [0.2, 0.25) is 0 Å². The second-order valence-corrected chi connectivity index (χ2v) is 7.02. The average Bonchev–Trinajstić information content (AvgIpc) is 3.17. The van der Waals surface area contributed by atoms with E-state index in [1.807, 2.05) is 32.0 Å². The highest BCUT2D eigenvalue weighted by molar-refractivity contribution is 5.95. The van der Waals surface area contributed by atoms with Gasteiger partial charge in [-0.1, -0.05) is 12.6 Å². The Labute approximate surface area is 169 Å². The maximum Gasteiger partial charge on any atom is 0.132 e. The topological polar surface area (TPSA) is 102 Å². The van der Waals surface area contributed by atoms with Crippen molar-refractivity contribution in [2.45, 2.75) is 13.8 Å². The van der Waals surface area contributed by atoms with Crippen molar-refractivity contribution in [2.75, 3.05) is 31.2 Å². The third kappa shape index (κ3) is 3.72. The Bertz CT molecular complexity index is 1080. The molecule has 1 aromatic carbocycles. The van der Waals surface area contributed by atoms with E-state index in [4.69, 9.17) is 15.5 Å². The highest BCUT2D eigenvalue weighted by atomic mass is 16.6.